The first-order valence-electron chi connectivity index (χ1n) is 15.0. The average Bonchev–Trinajstić information content (AvgIpc) is 3.55. The molecule has 2 unspecified atom stereocenters. The third-order valence-electron chi connectivity index (χ3n) is 9.01. The van der Waals surface area contributed by atoms with Crippen molar-refractivity contribution in [2.75, 3.05) is 5.73 Å². The number of aromatic nitrogens is 4. The van der Waals surface area contributed by atoms with E-state index in [1.165, 1.54) is 16.0 Å². The van der Waals surface area contributed by atoms with Gasteiger partial charge in [0.1, 0.15) is 28.5 Å². The first-order valence-corrected chi connectivity index (χ1v) is 15.4. The third kappa shape index (κ3) is 5.58. The zero-order valence-corrected chi connectivity index (χ0v) is 27.4. The number of aliphatic hydroxyl groups excluding tert-OH is 1. The Morgan fingerprint density at radius 1 is 1.07 bits per heavy atom. The normalized spacial score (nSPS) is 21.8. The van der Waals surface area contributed by atoms with Gasteiger partial charge in [-0.2, -0.15) is 5.10 Å². The SMILES string of the molecule is CC(O)=c1c(N)nc2c(C(=O)OC3C(C(C)(C)C)CC(C)CC3C(C)(C)C)c(-c3ccc(Cl)cc3)c(-n3cccn3)n2c1=O. The number of rotatable bonds is 4. The lowest BCUT2D eigenvalue weighted by atomic mass is 9.59. The van der Waals surface area contributed by atoms with Gasteiger partial charge in [0.15, 0.2) is 11.5 Å². The molecule has 234 valence electrons. The van der Waals surface area contributed by atoms with Crippen molar-refractivity contribution in [3.8, 4) is 16.9 Å². The van der Waals surface area contributed by atoms with Gasteiger partial charge < -0.3 is 15.6 Å². The number of benzene rings is 1. The maximum absolute atomic E-state index is 14.7. The van der Waals surface area contributed by atoms with E-state index in [-0.39, 0.29) is 62.6 Å². The number of carbonyl (C=O) groups excluding carboxylic acids is 1. The zero-order chi connectivity index (χ0) is 32.3. The number of nitrogens with two attached hydrogens (primary N) is 1. The fraction of sp³-hybridized carbons (Fsp3) is 0.471. The maximum atomic E-state index is 14.7. The van der Waals surface area contributed by atoms with Gasteiger partial charge in [0.25, 0.3) is 5.56 Å². The van der Waals surface area contributed by atoms with Crippen molar-refractivity contribution in [1.82, 2.24) is 19.2 Å². The van der Waals surface area contributed by atoms with Crippen LogP contribution < -0.4 is 16.5 Å². The second kappa shape index (κ2) is 11.3. The van der Waals surface area contributed by atoms with Gasteiger partial charge in [-0.1, -0.05) is 72.2 Å². The molecule has 5 rings (SSSR count). The Morgan fingerprint density at radius 3 is 2.16 bits per heavy atom. The smallest absolute Gasteiger partial charge is 0.343 e. The predicted octanol–water partition coefficient (Wildman–Crippen LogP) is 6.47. The Bertz CT molecular complexity index is 1790. The number of halogens is 1. The lowest BCUT2D eigenvalue weighted by Crippen LogP contribution is -2.49. The minimum absolute atomic E-state index is 0.0294. The molecule has 0 radical (unpaired) electrons. The van der Waals surface area contributed by atoms with E-state index in [4.69, 9.17) is 22.1 Å². The summed E-state index contributed by atoms with van der Waals surface area (Å²) in [5.74, 6) is -0.111. The summed E-state index contributed by atoms with van der Waals surface area (Å²) in [5.41, 5.74) is 6.52. The Hall–Kier alpha value is -3.85. The van der Waals surface area contributed by atoms with Crippen LogP contribution in [0, 0.1) is 28.6 Å². The van der Waals surface area contributed by atoms with Gasteiger partial charge >= 0.3 is 5.97 Å². The van der Waals surface area contributed by atoms with E-state index < -0.39 is 11.5 Å². The molecular formula is C34H42ClN5O4. The van der Waals surface area contributed by atoms with E-state index in [1.54, 1.807) is 42.7 Å². The number of carbonyl (C=O) groups is 1. The topological polar surface area (TPSA) is 125 Å². The van der Waals surface area contributed by atoms with Crippen LogP contribution in [0.4, 0.5) is 5.82 Å². The molecule has 9 nitrogen and oxygen atoms in total. The minimum atomic E-state index is -0.626. The maximum Gasteiger partial charge on any atom is 0.343 e. The van der Waals surface area contributed by atoms with E-state index in [1.807, 2.05) is 0 Å². The highest BCUT2D eigenvalue weighted by Crippen LogP contribution is 2.50. The molecule has 3 aromatic heterocycles. The summed E-state index contributed by atoms with van der Waals surface area (Å²) >= 11 is 6.26. The lowest BCUT2D eigenvalue weighted by Gasteiger charge is -2.50. The highest BCUT2D eigenvalue weighted by molar-refractivity contribution is 6.30. The van der Waals surface area contributed by atoms with Crippen LogP contribution in [-0.2, 0) is 4.74 Å². The van der Waals surface area contributed by atoms with Gasteiger partial charge in [-0.25, -0.2) is 18.9 Å². The number of esters is 1. The summed E-state index contributed by atoms with van der Waals surface area (Å²) < 4.78 is 9.42. The number of fused-ring (bicyclic) bond motifs is 1. The molecular weight excluding hydrogens is 578 g/mol. The molecule has 44 heavy (non-hydrogen) atoms. The van der Waals surface area contributed by atoms with Gasteiger partial charge in [-0.15, -0.1) is 0 Å². The van der Waals surface area contributed by atoms with Crippen molar-refractivity contribution < 1.29 is 14.6 Å². The van der Waals surface area contributed by atoms with Crippen molar-refractivity contribution in [3.63, 3.8) is 0 Å². The highest BCUT2D eigenvalue weighted by Gasteiger charge is 2.48. The summed E-state index contributed by atoms with van der Waals surface area (Å²) in [6, 6.07) is 8.69. The Morgan fingerprint density at radius 2 is 1.66 bits per heavy atom. The first kappa shape index (κ1) is 31.6. The van der Waals surface area contributed by atoms with Crippen molar-refractivity contribution >= 4 is 34.8 Å². The van der Waals surface area contributed by atoms with Gasteiger partial charge in [-0.05, 0) is 60.3 Å². The quantitative estimate of drug-likeness (QED) is 0.251. The second-order valence-corrected chi connectivity index (χ2v) is 14.8. The predicted molar refractivity (Wildman–Crippen MR) is 174 cm³/mol. The van der Waals surface area contributed by atoms with Crippen LogP contribution in [-0.4, -0.2) is 36.3 Å². The first-order chi connectivity index (χ1) is 20.5. The van der Waals surface area contributed by atoms with Gasteiger partial charge in [0, 0.05) is 34.8 Å². The monoisotopic (exact) mass is 619 g/mol. The van der Waals surface area contributed by atoms with Crippen molar-refractivity contribution in [2.45, 2.75) is 74.3 Å². The molecule has 0 aliphatic heterocycles. The second-order valence-electron chi connectivity index (χ2n) is 14.3. The molecule has 1 aliphatic rings. The number of nitrogen functional groups attached to an aromatic ring is 1. The fourth-order valence-corrected chi connectivity index (χ4v) is 6.95. The molecule has 0 amide bonds. The van der Waals surface area contributed by atoms with Gasteiger partial charge in [0.05, 0.1) is 0 Å². The van der Waals surface area contributed by atoms with Crippen LogP contribution in [0.25, 0.3) is 28.4 Å². The zero-order valence-electron chi connectivity index (χ0n) is 26.7. The number of hydrogen-bond donors (Lipinski definition) is 2. The van der Waals surface area contributed by atoms with Gasteiger partial charge in [0.2, 0.25) is 0 Å². The van der Waals surface area contributed by atoms with Crippen LogP contribution >= 0.6 is 11.6 Å². The lowest BCUT2D eigenvalue weighted by molar-refractivity contribution is -0.0922. The van der Waals surface area contributed by atoms with Crippen LogP contribution in [0.3, 0.4) is 0 Å². The molecule has 1 aromatic carbocycles. The third-order valence-corrected chi connectivity index (χ3v) is 9.27. The fourth-order valence-electron chi connectivity index (χ4n) is 6.82. The summed E-state index contributed by atoms with van der Waals surface area (Å²) in [4.78, 5) is 33.3. The van der Waals surface area contributed by atoms with Crippen molar-refractivity contribution in [2.24, 2.45) is 28.6 Å². The summed E-state index contributed by atoms with van der Waals surface area (Å²) in [6.07, 6.45) is 4.73. The molecule has 2 atom stereocenters. The van der Waals surface area contributed by atoms with Crippen LogP contribution in [0.2, 0.25) is 5.02 Å². The molecule has 0 spiro atoms. The Labute approximate surface area is 262 Å². The molecule has 0 bridgehead atoms. The standard InChI is InChI=1S/C34H42ClN5O4/c1-18-16-22(33(3,4)5)27(23(17-18)34(6,7)8)44-32(43)26-25(20-10-12-21(35)13-11-20)30(39-15-9-14-37-39)40-29(26)38-28(36)24(19(2)41)31(40)42/h9-15,18,22-23,27,41H,16-17H2,1-8H3,(H2,36,38). The largest absolute Gasteiger partial charge is 0.512 e. The summed E-state index contributed by atoms with van der Waals surface area (Å²) in [7, 11) is 0. The number of anilines is 1. The highest BCUT2D eigenvalue weighted by atomic mass is 35.5. The van der Waals surface area contributed by atoms with E-state index >= 15 is 0 Å². The summed E-state index contributed by atoms with van der Waals surface area (Å²) in [6.45, 7) is 16.8. The van der Waals surface area contributed by atoms with Crippen LogP contribution in [0.1, 0.15) is 78.6 Å². The molecule has 3 heterocycles. The Kier molecular flexibility index (Phi) is 8.08. The molecule has 1 saturated carbocycles. The molecule has 0 saturated heterocycles. The molecule has 4 aromatic rings. The van der Waals surface area contributed by atoms with Gasteiger partial charge in [-0.3, -0.25) is 4.79 Å². The number of aliphatic hydroxyl groups is 1. The molecule has 10 heteroatoms. The number of ether oxygens (including phenoxy) is 1. The van der Waals surface area contributed by atoms with Crippen LogP contribution in [0.15, 0.2) is 47.5 Å². The van der Waals surface area contributed by atoms with Crippen LogP contribution in [0.5, 0.6) is 0 Å². The average molecular weight is 620 g/mol. The minimum Gasteiger partial charge on any atom is -0.512 e. The van der Waals surface area contributed by atoms with E-state index in [0.717, 1.165) is 12.8 Å². The van der Waals surface area contributed by atoms with Crippen molar-refractivity contribution in [1.29, 1.82) is 0 Å². The van der Waals surface area contributed by atoms with E-state index in [2.05, 4.69) is 58.5 Å². The summed E-state index contributed by atoms with van der Waals surface area (Å²) in [5, 5.41) is 15.2. The number of hydrogen-bond acceptors (Lipinski definition) is 7. The van der Waals surface area contributed by atoms with Crippen molar-refractivity contribution in [3.05, 3.63) is 68.9 Å². The molecule has 1 fully saturated rings. The number of nitrogens with zero attached hydrogens (tertiary/aromatic N) is 4. The molecule has 1 aliphatic carbocycles. The van der Waals surface area contributed by atoms with E-state index in [9.17, 15) is 14.7 Å². The van der Waals surface area contributed by atoms with E-state index in [0.29, 0.717) is 22.1 Å². The molecule has 3 N–H and O–H groups in total. The Balaban J connectivity index is 1.84.